The number of methoxy groups -OCH3 is 1. The largest absolute Gasteiger partial charge is 0.481 e. The molecule has 0 bridgehead atoms. The van der Waals surface area contributed by atoms with Crippen LogP contribution in [0.3, 0.4) is 0 Å². The summed E-state index contributed by atoms with van der Waals surface area (Å²) >= 11 is 0. The van der Waals surface area contributed by atoms with Crippen LogP contribution in [0.25, 0.3) is 0 Å². The van der Waals surface area contributed by atoms with Crippen molar-refractivity contribution >= 4 is 11.8 Å². The minimum absolute atomic E-state index is 0.0341. The number of hydrogen-bond acceptors (Lipinski definition) is 5. The molecule has 2 amide bonds. The normalized spacial score (nSPS) is 24.4. The van der Waals surface area contributed by atoms with E-state index in [1.807, 2.05) is 6.07 Å². The Bertz CT molecular complexity index is 598. The fraction of sp³-hybridized carbons (Fsp3) is 0.588. The van der Waals surface area contributed by atoms with Crippen LogP contribution in [-0.2, 0) is 9.59 Å². The van der Waals surface area contributed by atoms with Crippen molar-refractivity contribution in [2.24, 2.45) is 5.92 Å². The molecule has 1 aliphatic carbocycles. The number of carbonyl (C=O) groups excluding carboxylic acids is 2. The molecular formula is C17H23N3O4. The van der Waals surface area contributed by atoms with Gasteiger partial charge in [0.25, 0.3) is 0 Å². The Morgan fingerprint density at radius 3 is 2.83 bits per heavy atom. The monoisotopic (exact) mass is 333 g/mol. The Kier molecular flexibility index (Phi) is 4.99. The molecule has 2 N–H and O–H groups in total. The predicted molar refractivity (Wildman–Crippen MR) is 86.2 cm³/mol. The molecule has 2 heterocycles. The van der Waals surface area contributed by atoms with Crippen LogP contribution in [0, 0.1) is 5.92 Å². The zero-order valence-corrected chi connectivity index (χ0v) is 13.8. The first-order valence-corrected chi connectivity index (χ1v) is 8.32. The van der Waals surface area contributed by atoms with Gasteiger partial charge in [-0.25, -0.2) is 4.98 Å². The minimum atomic E-state index is -0.305. The quantitative estimate of drug-likeness (QED) is 0.797. The third kappa shape index (κ3) is 3.67. The van der Waals surface area contributed by atoms with Gasteiger partial charge in [-0.2, -0.15) is 0 Å². The van der Waals surface area contributed by atoms with E-state index in [0.29, 0.717) is 31.7 Å². The lowest BCUT2D eigenvalue weighted by atomic mass is 9.75. The summed E-state index contributed by atoms with van der Waals surface area (Å²) in [6.45, 7) is 0.733. The van der Waals surface area contributed by atoms with Crippen LogP contribution in [0.1, 0.15) is 37.3 Å². The Balaban J connectivity index is 1.67. The summed E-state index contributed by atoms with van der Waals surface area (Å²) in [6, 6.07) is 3.42. The third-order valence-corrected chi connectivity index (χ3v) is 4.77. The van der Waals surface area contributed by atoms with Gasteiger partial charge in [-0.3, -0.25) is 9.59 Å². The molecule has 1 atom stereocenters. The molecule has 2 aliphatic rings. The highest BCUT2D eigenvalue weighted by Gasteiger charge is 2.36. The van der Waals surface area contributed by atoms with Gasteiger partial charge in [-0.15, -0.1) is 0 Å². The molecule has 1 saturated heterocycles. The Labute approximate surface area is 141 Å². The maximum Gasteiger partial charge on any atom is 0.240 e. The van der Waals surface area contributed by atoms with Gasteiger partial charge in [-0.05, 0) is 30.7 Å². The summed E-state index contributed by atoms with van der Waals surface area (Å²) in [5, 5.41) is 12.6. The summed E-state index contributed by atoms with van der Waals surface area (Å²) in [5.74, 6) is 0.549. The smallest absolute Gasteiger partial charge is 0.240 e. The summed E-state index contributed by atoms with van der Waals surface area (Å²) < 4.78 is 5.07. The summed E-state index contributed by atoms with van der Waals surface area (Å²) in [4.78, 5) is 29.8. The van der Waals surface area contributed by atoms with Crippen LogP contribution in [0.5, 0.6) is 5.88 Å². The molecule has 1 aromatic rings. The van der Waals surface area contributed by atoms with Crippen LogP contribution >= 0.6 is 0 Å². The maximum absolute atomic E-state index is 12.4. The standard InChI is InChI=1S/C17H23N3O4/c1-24-15-5-4-11(9-18-15)17(12-7-13(21)8-12)19-14(22)10-20-6-2-3-16(20)23/h4-5,9,12-13,17,21H,2-3,6-8,10H2,1H3,(H,19,22)/t12?,13?,17-/m1/s1. The maximum atomic E-state index is 12.4. The first kappa shape index (κ1) is 16.7. The summed E-state index contributed by atoms with van der Waals surface area (Å²) in [5.41, 5.74) is 0.883. The van der Waals surface area contributed by atoms with Crippen molar-refractivity contribution in [3.05, 3.63) is 23.9 Å². The Morgan fingerprint density at radius 1 is 1.50 bits per heavy atom. The molecular weight excluding hydrogens is 310 g/mol. The average molecular weight is 333 g/mol. The van der Waals surface area contributed by atoms with E-state index in [1.54, 1.807) is 24.3 Å². The number of aromatic nitrogens is 1. The summed E-state index contributed by atoms with van der Waals surface area (Å²) in [7, 11) is 1.55. The van der Waals surface area contributed by atoms with E-state index in [2.05, 4.69) is 10.3 Å². The lowest BCUT2D eigenvalue weighted by molar-refractivity contribution is -0.133. The van der Waals surface area contributed by atoms with Crippen LogP contribution in [0.15, 0.2) is 18.3 Å². The van der Waals surface area contributed by atoms with Crippen molar-refractivity contribution in [2.45, 2.75) is 37.8 Å². The SMILES string of the molecule is COc1ccc([C@@H](NC(=O)CN2CCCC2=O)C2CC(O)C2)cn1. The highest BCUT2D eigenvalue weighted by molar-refractivity contribution is 5.86. The number of hydrogen-bond donors (Lipinski definition) is 2. The zero-order valence-electron chi connectivity index (χ0n) is 13.8. The molecule has 3 rings (SSSR count). The Hall–Kier alpha value is -2.15. The molecule has 0 spiro atoms. The van der Waals surface area contributed by atoms with Crippen LogP contribution in [0.2, 0.25) is 0 Å². The first-order chi connectivity index (χ1) is 11.6. The van der Waals surface area contributed by atoms with E-state index in [0.717, 1.165) is 12.0 Å². The number of aliphatic hydroxyl groups is 1. The number of pyridine rings is 1. The second-order valence-electron chi connectivity index (χ2n) is 6.48. The molecule has 7 heteroatoms. The molecule has 0 unspecified atom stereocenters. The molecule has 24 heavy (non-hydrogen) atoms. The number of carbonyl (C=O) groups is 2. The first-order valence-electron chi connectivity index (χ1n) is 8.32. The number of amides is 2. The van der Waals surface area contributed by atoms with Crippen molar-refractivity contribution in [3.63, 3.8) is 0 Å². The van der Waals surface area contributed by atoms with E-state index < -0.39 is 0 Å². The molecule has 2 fully saturated rings. The highest BCUT2D eigenvalue weighted by Crippen LogP contribution is 2.38. The lowest BCUT2D eigenvalue weighted by Gasteiger charge is -2.38. The number of nitrogens with zero attached hydrogens (tertiary/aromatic N) is 2. The van der Waals surface area contributed by atoms with E-state index in [-0.39, 0.29) is 36.4 Å². The van der Waals surface area contributed by atoms with Gasteiger partial charge < -0.3 is 20.1 Å². The van der Waals surface area contributed by atoms with Gasteiger partial charge in [0.05, 0.1) is 25.8 Å². The van der Waals surface area contributed by atoms with Crippen LogP contribution in [0.4, 0.5) is 0 Å². The van der Waals surface area contributed by atoms with Crippen molar-refractivity contribution in [1.29, 1.82) is 0 Å². The Morgan fingerprint density at radius 2 is 2.29 bits per heavy atom. The highest BCUT2D eigenvalue weighted by atomic mass is 16.5. The molecule has 0 radical (unpaired) electrons. The van der Waals surface area contributed by atoms with E-state index in [4.69, 9.17) is 4.74 Å². The number of rotatable bonds is 6. The number of ether oxygens (including phenoxy) is 1. The van der Waals surface area contributed by atoms with Crippen LogP contribution in [-0.4, -0.2) is 53.1 Å². The number of likely N-dealkylation sites (tertiary alicyclic amines) is 1. The topological polar surface area (TPSA) is 91.8 Å². The van der Waals surface area contributed by atoms with Gasteiger partial charge in [-0.1, -0.05) is 6.07 Å². The molecule has 7 nitrogen and oxygen atoms in total. The van der Waals surface area contributed by atoms with Gasteiger partial charge in [0, 0.05) is 25.2 Å². The second kappa shape index (κ2) is 7.17. The van der Waals surface area contributed by atoms with E-state index in [9.17, 15) is 14.7 Å². The molecule has 130 valence electrons. The predicted octanol–water partition coefficient (Wildman–Crippen LogP) is 0.641. The van der Waals surface area contributed by atoms with Crippen molar-refractivity contribution < 1.29 is 19.4 Å². The molecule has 1 aliphatic heterocycles. The fourth-order valence-corrected chi connectivity index (χ4v) is 3.34. The summed E-state index contributed by atoms with van der Waals surface area (Å²) in [6.07, 6.45) is 4.02. The van der Waals surface area contributed by atoms with Gasteiger partial charge in [0.2, 0.25) is 17.7 Å². The second-order valence-corrected chi connectivity index (χ2v) is 6.48. The van der Waals surface area contributed by atoms with E-state index >= 15 is 0 Å². The van der Waals surface area contributed by atoms with Gasteiger partial charge >= 0.3 is 0 Å². The molecule has 1 aromatic heterocycles. The van der Waals surface area contributed by atoms with Crippen molar-refractivity contribution in [2.75, 3.05) is 20.2 Å². The zero-order chi connectivity index (χ0) is 17.1. The molecule has 0 aromatic carbocycles. The number of aliphatic hydroxyl groups excluding tert-OH is 1. The molecule has 1 saturated carbocycles. The minimum Gasteiger partial charge on any atom is -0.481 e. The fourth-order valence-electron chi connectivity index (χ4n) is 3.34. The van der Waals surface area contributed by atoms with Crippen molar-refractivity contribution in [3.8, 4) is 5.88 Å². The van der Waals surface area contributed by atoms with Crippen LogP contribution < -0.4 is 10.1 Å². The number of nitrogens with one attached hydrogen (secondary N) is 1. The third-order valence-electron chi connectivity index (χ3n) is 4.77. The van der Waals surface area contributed by atoms with Crippen molar-refractivity contribution in [1.82, 2.24) is 15.2 Å². The average Bonchev–Trinajstić information content (AvgIpc) is 2.95. The van der Waals surface area contributed by atoms with Gasteiger partial charge in [0.15, 0.2) is 0 Å². The van der Waals surface area contributed by atoms with Gasteiger partial charge in [0.1, 0.15) is 0 Å². The van der Waals surface area contributed by atoms with E-state index in [1.165, 1.54) is 0 Å². The lowest BCUT2D eigenvalue weighted by Crippen LogP contribution is -2.45.